The molecule has 0 spiro atoms. The molecule has 0 amide bonds. The van der Waals surface area contributed by atoms with Gasteiger partial charge >= 0.3 is 0 Å². The fourth-order valence-electron chi connectivity index (χ4n) is 1.31. The molecule has 0 saturated carbocycles. The summed E-state index contributed by atoms with van der Waals surface area (Å²) in [7, 11) is 1.67. The van der Waals surface area contributed by atoms with Gasteiger partial charge in [-0.2, -0.15) is 0 Å². The van der Waals surface area contributed by atoms with Crippen LogP contribution in [0, 0.1) is 0 Å². The molecular weight excluding hydrogens is 218 g/mol. The second-order valence-electron chi connectivity index (χ2n) is 3.75. The molecule has 0 aromatic heterocycles. The summed E-state index contributed by atoms with van der Waals surface area (Å²) >= 11 is 0. The number of ether oxygens (including phenoxy) is 3. The number of rotatable bonds is 9. The molecule has 0 fully saturated rings. The number of nitrogen functional groups attached to an aromatic ring is 1. The van der Waals surface area contributed by atoms with Crippen LogP contribution in [-0.2, 0) is 20.8 Å². The minimum atomic E-state index is 0.623. The topological polar surface area (TPSA) is 53.7 Å². The Morgan fingerprint density at radius 1 is 0.941 bits per heavy atom. The Kier molecular flexibility index (Phi) is 7.38. The molecule has 1 aromatic rings. The van der Waals surface area contributed by atoms with E-state index in [0.29, 0.717) is 33.0 Å². The molecule has 1 aromatic carbocycles. The Hall–Kier alpha value is -1.10. The van der Waals surface area contributed by atoms with Gasteiger partial charge < -0.3 is 19.9 Å². The number of anilines is 1. The van der Waals surface area contributed by atoms with Crippen LogP contribution in [-0.4, -0.2) is 33.5 Å². The van der Waals surface area contributed by atoms with Crippen LogP contribution in [0.15, 0.2) is 24.3 Å². The molecule has 0 heterocycles. The van der Waals surface area contributed by atoms with E-state index in [4.69, 9.17) is 19.9 Å². The predicted octanol–water partition coefficient (Wildman–Crippen LogP) is 1.84. The summed E-state index contributed by atoms with van der Waals surface area (Å²) in [5, 5.41) is 0. The van der Waals surface area contributed by atoms with E-state index < -0.39 is 0 Å². The SMILES string of the molecule is COCCOCCCOCc1ccc(N)cc1. The van der Waals surface area contributed by atoms with Crippen LogP contribution in [0.25, 0.3) is 0 Å². The van der Waals surface area contributed by atoms with Crippen molar-refractivity contribution in [2.45, 2.75) is 13.0 Å². The lowest BCUT2D eigenvalue weighted by molar-refractivity contribution is 0.0483. The fraction of sp³-hybridized carbons (Fsp3) is 0.538. The molecule has 96 valence electrons. The molecule has 0 bridgehead atoms. The summed E-state index contributed by atoms with van der Waals surface area (Å²) in [6.45, 7) is 3.33. The molecule has 0 aliphatic heterocycles. The second-order valence-corrected chi connectivity index (χ2v) is 3.75. The zero-order valence-electron chi connectivity index (χ0n) is 10.4. The van der Waals surface area contributed by atoms with Gasteiger partial charge in [0.15, 0.2) is 0 Å². The van der Waals surface area contributed by atoms with Gasteiger partial charge in [-0.1, -0.05) is 12.1 Å². The van der Waals surface area contributed by atoms with E-state index in [1.54, 1.807) is 7.11 Å². The molecule has 0 saturated heterocycles. The van der Waals surface area contributed by atoms with E-state index in [9.17, 15) is 0 Å². The van der Waals surface area contributed by atoms with Gasteiger partial charge in [0.1, 0.15) is 0 Å². The first-order valence-corrected chi connectivity index (χ1v) is 5.82. The molecule has 0 unspecified atom stereocenters. The zero-order chi connectivity index (χ0) is 12.3. The first-order chi connectivity index (χ1) is 8.33. The van der Waals surface area contributed by atoms with Crippen LogP contribution in [0.5, 0.6) is 0 Å². The van der Waals surface area contributed by atoms with E-state index in [0.717, 1.165) is 17.7 Å². The van der Waals surface area contributed by atoms with Crippen molar-refractivity contribution in [2.24, 2.45) is 0 Å². The molecule has 0 atom stereocenters. The van der Waals surface area contributed by atoms with Crippen LogP contribution in [0.3, 0.4) is 0 Å². The standard InChI is InChI=1S/C13H21NO3/c1-15-9-10-16-7-2-8-17-11-12-3-5-13(14)6-4-12/h3-6H,2,7-11,14H2,1H3. The molecule has 0 aliphatic rings. The Labute approximate surface area is 103 Å². The average Bonchev–Trinajstić information content (AvgIpc) is 2.35. The van der Waals surface area contributed by atoms with Crippen LogP contribution < -0.4 is 5.73 Å². The monoisotopic (exact) mass is 239 g/mol. The Balaban J connectivity index is 1.95. The van der Waals surface area contributed by atoms with Gasteiger partial charge in [0, 0.05) is 26.0 Å². The van der Waals surface area contributed by atoms with Crippen molar-refractivity contribution in [3.05, 3.63) is 29.8 Å². The second kappa shape index (κ2) is 8.98. The zero-order valence-corrected chi connectivity index (χ0v) is 10.4. The van der Waals surface area contributed by atoms with Gasteiger partial charge in [-0.05, 0) is 24.1 Å². The molecule has 4 nitrogen and oxygen atoms in total. The van der Waals surface area contributed by atoms with Gasteiger partial charge in [0.05, 0.1) is 19.8 Å². The lowest BCUT2D eigenvalue weighted by atomic mass is 10.2. The highest BCUT2D eigenvalue weighted by Gasteiger charge is 1.94. The molecular formula is C13H21NO3. The Morgan fingerprint density at radius 3 is 2.35 bits per heavy atom. The first kappa shape index (κ1) is 14.0. The van der Waals surface area contributed by atoms with E-state index in [2.05, 4.69) is 0 Å². The summed E-state index contributed by atoms with van der Waals surface area (Å²) in [5.41, 5.74) is 7.51. The summed E-state index contributed by atoms with van der Waals surface area (Å²) in [6.07, 6.45) is 0.901. The van der Waals surface area contributed by atoms with Gasteiger partial charge in [0.25, 0.3) is 0 Å². The van der Waals surface area contributed by atoms with Crippen LogP contribution >= 0.6 is 0 Å². The summed E-state index contributed by atoms with van der Waals surface area (Å²) in [6, 6.07) is 7.72. The molecule has 4 heteroatoms. The van der Waals surface area contributed by atoms with Crippen molar-refractivity contribution >= 4 is 5.69 Å². The minimum Gasteiger partial charge on any atom is -0.399 e. The van der Waals surface area contributed by atoms with Crippen LogP contribution in [0.2, 0.25) is 0 Å². The highest BCUT2D eigenvalue weighted by atomic mass is 16.5. The van der Waals surface area contributed by atoms with Crippen molar-refractivity contribution in [1.82, 2.24) is 0 Å². The number of hydrogen-bond acceptors (Lipinski definition) is 4. The van der Waals surface area contributed by atoms with Gasteiger partial charge in [0.2, 0.25) is 0 Å². The summed E-state index contributed by atoms with van der Waals surface area (Å²) in [4.78, 5) is 0. The van der Waals surface area contributed by atoms with Crippen LogP contribution in [0.1, 0.15) is 12.0 Å². The Bertz CT molecular complexity index is 287. The van der Waals surface area contributed by atoms with Crippen molar-refractivity contribution in [1.29, 1.82) is 0 Å². The minimum absolute atomic E-state index is 0.623. The highest BCUT2D eigenvalue weighted by Crippen LogP contribution is 2.06. The predicted molar refractivity (Wildman–Crippen MR) is 67.8 cm³/mol. The van der Waals surface area contributed by atoms with Crippen molar-refractivity contribution in [3.63, 3.8) is 0 Å². The molecule has 0 aliphatic carbocycles. The highest BCUT2D eigenvalue weighted by molar-refractivity contribution is 5.39. The number of methoxy groups -OCH3 is 1. The van der Waals surface area contributed by atoms with E-state index in [1.807, 2.05) is 24.3 Å². The number of hydrogen-bond donors (Lipinski definition) is 1. The maximum atomic E-state index is 5.59. The number of benzene rings is 1. The lowest BCUT2D eigenvalue weighted by Crippen LogP contribution is -2.05. The van der Waals surface area contributed by atoms with E-state index in [-0.39, 0.29) is 0 Å². The van der Waals surface area contributed by atoms with Gasteiger partial charge in [-0.3, -0.25) is 0 Å². The molecule has 1 rings (SSSR count). The number of nitrogens with two attached hydrogens (primary N) is 1. The summed E-state index contributed by atoms with van der Waals surface area (Å²) < 4.78 is 15.7. The fourth-order valence-corrected chi connectivity index (χ4v) is 1.31. The van der Waals surface area contributed by atoms with Gasteiger partial charge in [-0.25, -0.2) is 0 Å². The first-order valence-electron chi connectivity index (χ1n) is 5.82. The lowest BCUT2D eigenvalue weighted by Gasteiger charge is -2.05. The normalized spacial score (nSPS) is 10.6. The third-order valence-corrected chi connectivity index (χ3v) is 2.26. The largest absolute Gasteiger partial charge is 0.399 e. The third-order valence-electron chi connectivity index (χ3n) is 2.26. The average molecular weight is 239 g/mol. The summed E-state index contributed by atoms with van der Waals surface area (Å²) in [5.74, 6) is 0. The van der Waals surface area contributed by atoms with Crippen molar-refractivity contribution in [3.8, 4) is 0 Å². The molecule has 2 N–H and O–H groups in total. The Morgan fingerprint density at radius 2 is 1.65 bits per heavy atom. The van der Waals surface area contributed by atoms with E-state index in [1.165, 1.54) is 0 Å². The smallest absolute Gasteiger partial charge is 0.0716 e. The van der Waals surface area contributed by atoms with Gasteiger partial charge in [-0.15, -0.1) is 0 Å². The molecule has 17 heavy (non-hydrogen) atoms. The maximum Gasteiger partial charge on any atom is 0.0716 e. The van der Waals surface area contributed by atoms with Crippen molar-refractivity contribution in [2.75, 3.05) is 39.3 Å². The molecule has 0 radical (unpaired) electrons. The maximum absolute atomic E-state index is 5.59. The quantitative estimate of drug-likeness (QED) is 0.527. The van der Waals surface area contributed by atoms with E-state index >= 15 is 0 Å². The van der Waals surface area contributed by atoms with Crippen molar-refractivity contribution < 1.29 is 14.2 Å². The third kappa shape index (κ3) is 6.94. The van der Waals surface area contributed by atoms with Crippen LogP contribution in [0.4, 0.5) is 5.69 Å².